The van der Waals surface area contributed by atoms with Crippen molar-refractivity contribution in [1.29, 1.82) is 0 Å². The number of carboxylic acid groups (broad SMARTS) is 1. The highest BCUT2D eigenvalue weighted by molar-refractivity contribution is 6.62. The van der Waals surface area contributed by atoms with Gasteiger partial charge in [-0.1, -0.05) is 20.8 Å². The maximum absolute atomic E-state index is 11.4. The van der Waals surface area contributed by atoms with Gasteiger partial charge in [-0.3, -0.25) is 0 Å². The molecule has 0 aliphatic carbocycles. The average molecular weight is 294 g/mol. The van der Waals surface area contributed by atoms with Crippen LogP contribution in [-0.4, -0.2) is 39.3 Å². The normalized spacial score (nSPS) is 20.8. The maximum atomic E-state index is 11.4. The van der Waals surface area contributed by atoms with Gasteiger partial charge in [-0.25, -0.2) is 4.79 Å². The highest BCUT2D eigenvalue weighted by atomic mass is 16.7. The second kappa shape index (κ2) is 4.58. The van der Waals surface area contributed by atoms with Crippen LogP contribution < -0.4 is 5.46 Å². The van der Waals surface area contributed by atoms with Crippen LogP contribution in [-0.2, 0) is 14.7 Å². The van der Waals surface area contributed by atoms with Crippen LogP contribution >= 0.6 is 0 Å². The van der Waals surface area contributed by atoms with Gasteiger partial charge in [-0.15, -0.1) is 0 Å². The van der Waals surface area contributed by atoms with Crippen molar-refractivity contribution in [3.05, 3.63) is 11.9 Å². The Morgan fingerprint density at radius 3 is 2.10 bits per heavy atom. The monoisotopic (exact) mass is 294 g/mol. The van der Waals surface area contributed by atoms with E-state index in [0.29, 0.717) is 11.2 Å². The zero-order valence-electron chi connectivity index (χ0n) is 13.7. The highest BCUT2D eigenvalue weighted by Crippen LogP contribution is 2.37. The molecular formula is C14H23BN2O4. The van der Waals surface area contributed by atoms with Crippen LogP contribution in [0.1, 0.15) is 54.2 Å². The molecule has 1 aliphatic heterocycles. The van der Waals surface area contributed by atoms with Gasteiger partial charge in [-0.2, -0.15) is 9.78 Å². The first kappa shape index (κ1) is 16.0. The first-order chi connectivity index (χ1) is 9.37. The molecule has 0 aromatic carbocycles. The standard InChI is InChI=1S/C14H23BN2O4/c1-12(2,3)10-9(8-16-17(10)11(18)19)15-20-13(4,5)14(6,7)21-15/h8H,1-7H3,(H,18,19). The van der Waals surface area contributed by atoms with Crippen molar-refractivity contribution in [1.82, 2.24) is 9.78 Å². The highest BCUT2D eigenvalue weighted by Gasteiger charge is 2.53. The first-order valence-corrected chi connectivity index (χ1v) is 7.04. The Kier molecular flexibility index (Phi) is 3.50. The zero-order valence-corrected chi connectivity index (χ0v) is 13.7. The molecule has 0 radical (unpaired) electrons. The second-order valence-corrected chi connectivity index (χ2v) is 7.48. The molecule has 1 aromatic rings. The maximum Gasteiger partial charge on any atom is 0.498 e. The molecule has 2 heterocycles. The smallest absolute Gasteiger partial charge is 0.463 e. The lowest BCUT2D eigenvalue weighted by Crippen LogP contribution is -2.41. The Morgan fingerprint density at radius 2 is 1.71 bits per heavy atom. The summed E-state index contributed by atoms with van der Waals surface area (Å²) in [5, 5.41) is 13.3. The molecule has 1 N–H and O–H groups in total. The van der Waals surface area contributed by atoms with Crippen molar-refractivity contribution in [2.45, 2.75) is 65.1 Å². The van der Waals surface area contributed by atoms with Crippen molar-refractivity contribution in [2.75, 3.05) is 0 Å². The summed E-state index contributed by atoms with van der Waals surface area (Å²) in [6.07, 6.45) is 0.416. The Morgan fingerprint density at radius 1 is 1.24 bits per heavy atom. The fourth-order valence-electron chi connectivity index (χ4n) is 2.40. The zero-order chi connectivity index (χ0) is 16.2. The number of hydrogen-bond acceptors (Lipinski definition) is 4. The summed E-state index contributed by atoms with van der Waals surface area (Å²) < 4.78 is 13.0. The van der Waals surface area contributed by atoms with E-state index in [1.807, 2.05) is 48.5 Å². The molecule has 0 amide bonds. The van der Waals surface area contributed by atoms with E-state index in [2.05, 4.69) is 5.10 Å². The lowest BCUT2D eigenvalue weighted by molar-refractivity contribution is 0.00578. The van der Waals surface area contributed by atoms with Crippen LogP contribution in [0.5, 0.6) is 0 Å². The van der Waals surface area contributed by atoms with Crippen molar-refractivity contribution < 1.29 is 19.2 Å². The van der Waals surface area contributed by atoms with Gasteiger partial charge in [0.25, 0.3) is 0 Å². The van der Waals surface area contributed by atoms with E-state index in [-0.39, 0.29) is 0 Å². The Balaban J connectivity index is 2.50. The Hall–Kier alpha value is -1.34. The van der Waals surface area contributed by atoms with E-state index < -0.39 is 29.8 Å². The molecule has 0 saturated carbocycles. The van der Waals surface area contributed by atoms with Crippen LogP contribution in [0, 0.1) is 0 Å². The van der Waals surface area contributed by atoms with Crippen molar-refractivity contribution in [2.24, 2.45) is 0 Å². The molecule has 1 fully saturated rings. The van der Waals surface area contributed by atoms with E-state index in [1.165, 1.54) is 6.20 Å². The van der Waals surface area contributed by atoms with E-state index in [9.17, 15) is 9.90 Å². The van der Waals surface area contributed by atoms with E-state index in [4.69, 9.17) is 9.31 Å². The number of nitrogens with zero attached hydrogens (tertiary/aromatic N) is 2. The molecule has 0 unspecified atom stereocenters. The Bertz CT molecular complexity index is 556. The van der Waals surface area contributed by atoms with Crippen LogP contribution in [0.4, 0.5) is 4.79 Å². The minimum absolute atomic E-state index is 0.395. The lowest BCUT2D eigenvalue weighted by Gasteiger charge is -2.32. The first-order valence-electron chi connectivity index (χ1n) is 7.04. The molecule has 0 spiro atoms. The lowest BCUT2D eigenvalue weighted by atomic mass is 9.73. The molecule has 6 nitrogen and oxygen atoms in total. The summed E-state index contributed by atoms with van der Waals surface area (Å²) in [6.45, 7) is 13.7. The molecule has 0 bridgehead atoms. The third-order valence-corrected chi connectivity index (χ3v) is 4.20. The van der Waals surface area contributed by atoms with Gasteiger partial charge < -0.3 is 14.4 Å². The molecule has 0 atom stereocenters. The molecule has 1 aliphatic rings. The molecule has 7 heteroatoms. The minimum atomic E-state index is -1.11. The molecule has 116 valence electrons. The van der Waals surface area contributed by atoms with Gasteiger partial charge in [0.15, 0.2) is 0 Å². The topological polar surface area (TPSA) is 73.6 Å². The summed E-state index contributed by atoms with van der Waals surface area (Å²) >= 11 is 0. The SMILES string of the molecule is CC(C)(C)c1c(B2OC(C)(C)C(C)(C)O2)cnn1C(=O)O. The molecular weight excluding hydrogens is 271 g/mol. The summed E-state index contributed by atoms with van der Waals surface area (Å²) in [4.78, 5) is 11.4. The third-order valence-electron chi connectivity index (χ3n) is 4.20. The van der Waals surface area contributed by atoms with Gasteiger partial charge in [0.2, 0.25) is 0 Å². The van der Waals surface area contributed by atoms with E-state index >= 15 is 0 Å². The van der Waals surface area contributed by atoms with Crippen molar-refractivity contribution >= 4 is 18.7 Å². The summed E-state index contributed by atoms with van der Waals surface area (Å²) in [5.41, 5.74) is -0.0820. The fraction of sp³-hybridized carbons (Fsp3) is 0.714. The predicted molar refractivity (Wildman–Crippen MR) is 80.1 cm³/mol. The number of aromatic nitrogens is 2. The quantitative estimate of drug-likeness (QED) is 0.802. The van der Waals surface area contributed by atoms with E-state index in [0.717, 1.165) is 4.68 Å². The number of carbonyl (C=O) groups is 1. The summed E-state index contributed by atoms with van der Waals surface area (Å²) in [7, 11) is -0.614. The van der Waals surface area contributed by atoms with Crippen molar-refractivity contribution in [3.8, 4) is 0 Å². The predicted octanol–water partition coefficient (Wildman–Crippen LogP) is 2.01. The fourth-order valence-corrected chi connectivity index (χ4v) is 2.40. The van der Waals surface area contributed by atoms with Crippen LogP contribution in [0.2, 0.25) is 0 Å². The minimum Gasteiger partial charge on any atom is -0.463 e. The van der Waals surface area contributed by atoms with Crippen LogP contribution in [0.25, 0.3) is 0 Å². The van der Waals surface area contributed by atoms with Crippen molar-refractivity contribution in [3.63, 3.8) is 0 Å². The summed E-state index contributed by atoms with van der Waals surface area (Å²) in [5.74, 6) is 0. The van der Waals surface area contributed by atoms with Gasteiger partial charge in [0.05, 0.1) is 16.9 Å². The third kappa shape index (κ3) is 2.60. The van der Waals surface area contributed by atoms with E-state index in [1.54, 1.807) is 0 Å². The van der Waals surface area contributed by atoms with Gasteiger partial charge in [-0.05, 0) is 27.7 Å². The van der Waals surface area contributed by atoms with Crippen LogP contribution in [0.3, 0.4) is 0 Å². The molecule has 1 saturated heterocycles. The largest absolute Gasteiger partial charge is 0.498 e. The summed E-state index contributed by atoms with van der Waals surface area (Å²) in [6, 6.07) is 0. The van der Waals surface area contributed by atoms with Crippen LogP contribution in [0.15, 0.2) is 6.20 Å². The Labute approximate surface area is 125 Å². The second-order valence-electron chi connectivity index (χ2n) is 7.48. The van der Waals surface area contributed by atoms with Gasteiger partial charge >= 0.3 is 13.2 Å². The molecule has 2 rings (SSSR count). The molecule has 1 aromatic heterocycles. The molecule has 21 heavy (non-hydrogen) atoms. The number of hydrogen-bond donors (Lipinski definition) is 1. The van der Waals surface area contributed by atoms with Gasteiger partial charge in [0.1, 0.15) is 0 Å². The average Bonchev–Trinajstić information content (AvgIpc) is 2.77. The van der Waals surface area contributed by atoms with Gasteiger partial charge in [0, 0.05) is 17.1 Å². The number of rotatable bonds is 1.